The number of hydrogen-bond donors (Lipinski definition) is 0. The molecular formula is C20H16NO3S-. The third kappa shape index (κ3) is 4.33. The Morgan fingerprint density at radius 1 is 1.24 bits per heavy atom. The second kappa shape index (κ2) is 7.77. The Labute approximate surface area is 149 Å². The van der Waals surface area contributed by atoms with Gasteiger partial charge in [0.05, 0.1) is 10.2 Å². The summed E-state index contributed by atoms with van der Waals surface area (Å²) in [6.45, 7) is 4.04. The van der Waals surface area contributed by atoms with Crippen molar-refractivity contribution < 1.29 is 14.6 Å². The Morgan fingerprint density at radius 2 is 2.08 bits per heavy atom. The van der Waals surface area contributed by atoms with Crippen LogP contribution >= 0.6 is 11.3 Å². The molecule has 0 saturated heterocycles. The van der Waals surface area contributed by atoms with Crippen molar-refractivity contribution >= 4 is 39.2 Å². The zero-order valence-corrected chi connectivity index (χ0v) is 14.3. The summed E-state index contributed by atoms with van der Waals surface area (Å²) in [6, 6.07) is 15.2. The summed E-state index contributed by atoms with van der Waals surface area (Å²) in [4.78, 5) is 15.7. The number of carboxylic acids is 1. The summed E-state index contributed by atoms with van der Waals surface area (Å²) < 4.78 is 6.54. The molecular weight excluding hydrogens is 334 g/mol. The molecule has 0 fully saturated rings. The van der Waals surface area contributed by atoms with Crippen molar-refractivity contribution in [1.82, 2.24) is 4.98 Å². The van der Waals surface area contributed by atoms with Gasteiger partial charge in [-0.2, -0.15) is 0 Å². The van der Waals surface area contributed by atoms with E-state index in [9.17, 15) is 9.90 Å². The molecule has 1 aromatic heterocycles. The fraction of sp³-hybridized carbons (Fsp3) is 0.100. The van der Waals surface area contributed by atoms with E-state index in [1.165, 1.54) is 11.3 Å². The van der Waals surface area contributed by atoms with E-state index in [1.54, 1.807) is 6.08 Å². The van der Waals surface area contributed by atoms with E-state index in [2.05, 4.69) is 11.6 Å². The van der Waals surface area contributed by atoms with E-state index >= 15 is 0 Å². The Bertz CT molecular complexity index is 910. The number of aliphatic carboxylic acids is 1. The van der Waals surface area contributed by atoms with Gasteiger partial charge in [-0.1, -0.05) is 36.9 Å². The second-order valence-corrected chi connectivity index (χ2v) is 6.41. The van der Waals surface area contributed by atoms with Gasteiger partial charge in [0.15, 0.2) is 0 Å². The molecule has 0 bridgehead atoms. The highest BCUT2D eigenvalue weighted by atomic mass is 32.1. The number of aromatic nitrogens is 1. The number of para-hydroxylation sites is 1. The van der Waals surface area contributed by atoms with Crippen molar-refractivity contribution in [2.24, 2.45) is 0 Å². The molecule has 126 valence electrons. The van der Waals surface area contributed by atoms with Crippen LogP contribution in [0.3, 0.4) is 0 Å². The number of benzene rings is 2. The van der Waals surface area contributed by atoms with E-state index in [0.29, 0.717) is 22.9 Å². The maximum absolute atomic E-state index is 11.2. The molecule has 0 N–H and O–H groups in total. The van der Waals surface area contributed by atoms with Gasteiger partial charge in [0, 0.05) is 12.4 Å². The Balaban J connectivity index is 1.98. The maximum Gasteiger partial charge on any atom is 0.120 e. The second-order valence-electron chi connectivity index (χ2n) is 5.38. The van der Waals surface area contributed by atoms with E-state index in [1.807, 2.05) is 54.6 Å². The largest absolute Gasteiger partial charge is 0.550 e. The summed E-state index contributed by atoms with van der Waals surface area (Å²) in [5.41, 5.74) is 2.31. The number of carbonyl (C=O) groups excluding carboxylic acids is 1. The van der Waals surface area contributed by atoms with Crippen molar-refractivity contribution in [1.29, 1.82) is 0 Å². The average Bonchev–Trinajstić information content (AvgIpc) is 3.03. The van der Waals surface area contributed by atoms with Crippen LogP contribution in [0.4, 0.5) is 0 Å². The molecule has 0 spiro atoms. The fourth-order valence-corrected chi connectivity index (χ4v) is 3.38. The van der Waals surface area contributed by atoms with Crippen LogP contribution in [0.15, 0.2) is 61.2 Å². The number of ether oxygens (including phenoxy) is 1. The molecule has 2 aromatic carbocycles. The van der Waals surface area contributed by atoms with Gasteiger partial charge < -0.3 is 14.6 Å². The lowest BCUT2D eigenvalue weighted by Crippen LogP contribution is -2.22. The van der Waals surface area contributed by atoms with Crippen molar-refractivity contribution in [3.8, 4) is 5.75 Å². The van der Waals surface area contributed by atoms with E-state index in [-0.39, 0.29) is 6.42 Å². The van der Waals surface area contributed by atoms with Crippen molar-refractivity contribution in [3.05, 3.63) is 71.8 Å². The van der Waals surface area contributed by atoms with Gasteiger partial charge in [0.25, 0.3) is 0 Å². The van der Waals surface area contributed by atoms with Gasteiger partial charge in [0.1, 0.15) is 17.4 Å². The first kappa shape index (κ1) is 16.9. The van der Waals surface area contributed by atoms with Crippen LogP contribution in [0, 0.1) is 0 Å². The maximum atomic E-state index is 11.2. The zero-order valence-electron chi connectivity index (χ0n) is 13.5. The molecule has 0 saturated carbocycles. The molecule has 3 rings (SSSR count). The molecule has 3 aromatic rings. The monoisotopic (exact) mass is 350 g/mol. The number of fused-ring (bicyclic) bond motifs is 1. The molecule has 1 heterocycles. The molecule has 0 aliphatic rings. The third-order valence-corrected chi connectivity index (χ3v) is 4.58. The SMILES string of the molecule is C=CCOc1cccc(/C=C(\CC(=O)[O-])c2nc3ccccc3s2)c1. The third-order valence-electron chi connectivity index (χ3n) is 3.47. The number of carbonyl (C=O) groups is 1. The smallest absolute Gasteiger partial charge is 0.120 e. The zero-order chi connectivity index (χ0) is 17.6. The summed E-state index contributed by atoms with van der Waals surface area (Å²) in [5.74, 6) is -0.435. The lowest BCUT2D eigenvalue weighted by molar-refractivity contribution is -0.304. The standard InChI is InChI=1S/C20H17NO3S/c1-2-10-24-16-7-5-6-14(12-16)11-15(13-19(22)23)20-21-17-8-3-4-9-18(17)25-20/h2-9,11-12H,1,10,13H2,(H,22,23)/p-1/b15-11+. The van der Waals surface area contributed by atoms with Crippen molar-refractivity contribution in [2.45, 2.75) is 6.42 Å². The highest BCUT2D eigenvalue weighted by Crippen LogP contribution is 2.30. The van der Waals surface area contributed by atoms with Gasteiger partial charge in [-0.05, 0) is 41.5 Å². The fourth-order valence-electron chi connectivity index (χ4n) is 2.40. The van der Waals surface area contributed by atoms with E-state index in [0.717, 1.165) is 15.8 Å². The number of hydrogen-bond acceptors (Lipinski definition) is 5. The van der Waals surface area contributed by atoms with Crippen LogP contribution < -0.4 is 9.84 Å². The lowest BCUT2D eigenvalue weighted by Gasteiger charge is -2.07. The van der Waals surface area contributed by atoms with E-state index in [4.69, 9.17) is 4.74 Å². The quantitative estimate of drug-likeness (QED) is 0.612. The molecule has 5 heteroatoms. The summed E-state index contributed by atoms with van der Waals surface area (Å²) in [5, 5.41) is 11.9. The number of carboxylic acid groups (broad SMARTS) is 1. The highest BCUT2D eigenvalue weighted by Gasteiger charge is 2.10. The predicted octanol–water partition coefficient (Wildman–Crippen LogP) is 3.54. The normalized spacial score (nSPS) is 11.4. The van der Waals surface area contributed by atoms with Gasteiger partial charge in [-0.15, -0.1) is 11.3 Å². The molecule has 0 aliphatic heterocycles. The average molecular weight is 350 g/mol. The first-order valence-electron chi connectivity index (χ1n) is 7.76. The molecule has 0 aliphatic carbocycles. The highest BCUT2D eigenvalue weighted by molar-refractivity contribution is 7.19. The minimum Gasteiger partial charge on any atom is -0.550 e. The molecule has 0 radical (unpaired) electrons. The van der Waals surface area contributed by atoms with Crippen molar-refractivity contribution in [2.75, 3.05) is 6.61 Å². The molecule has 0 unspecified atom stereocenters. The van der Waals surface area contributed by atoms with Crippen LogP contribution in [0.25, 0.3) is 21.9 Å². The Morgan fingerprint density at radius 3 is 2.84 bits per heavy atom. The topological polar surface area (TPSA) is 62.2 Å². The minimum atomic E-state index is -1.13. The molecule has 0 atom stereocenters. The lowest BCUT2D eigenvalue weighted by atomic mass is 10.1. The summed E-state index contributed by atoms with van der Waals surface area (Å²) >= 11 is 1.47. The van der Waals surface area contributed by atoms with Crippen LogP contribution in [-0.4, -0.2) is 17.6 Å². The van der Waals surface area contributed by atoms with Gasteiger partial charge in [-0.3, -0.25) is 0 Å². The summed E-state index contributed by atoms with van der Waals surface area (Å²) in [7, 11) is 0. The molecule has 25 heavy (non-hydrogen) atoms. The summed E-state index contributed by atoms with van der Waals surface area (Å²) in [6.07, 6.45) is 3.29. The van der Waals surface area contributed by atoms with Crippen molar-refractivity contribution in [3.63, 3.8) is 0 Å². The van der Waals surface area contributed by atoms with Gasteiger partial charge >= 0.3 is 0 Å². The number of thiazole rings is 1. The van der Waals surface area contributed by atoms with E-state index < -0.39 is 5.97 Å². The molecule has 4 nitrogen and oxygen atoms in total. The van der Waals surface area contributed by atoms with Crippen LogP contribution in [0.1, 0.15) is 17.0 Å². The Hall–Kier alpha value is -2.92. The van der Waals surface area contributed by atoms with Crippen LogP contribution in [0.2, 0.25) is 0 Å². The van der Waals surface area contributed by atoms with Gasteiger partial charge in [0.2, 0.25) is 0 Å². The first-order chi connectivity index (χ1) is 12.2. The van der Waals surface area contributed by atoms with Crippen LogP contribution in [-0.2, 0) is 4.79 Å². The van der Waals surface area contributed by atoms with Gasteiger partial charge in [-0.25, -0.2) is 4.98 Å². The van der Waals surface area contributed by atoms with Crippen LogP contribution in [0.5, 0.6) is 5.75 Å². The number of rotatable bonds is 7. The number of nitrogens with zero attached hydrogens (tertiary/aromatic N) is 1. The first-order valence-corrected chi connectivity index (χ1v) is 8.57. The molecule has 0 amide bonds. The predicted molar refractivity (Wildman–Crippen MR) is 99.2 cm³/mol. The Kier molecular flexibility index (Phi) is 5.26. The minimum absolute atomic E-state index is 0.197.